The Morgan fingerprint density at radius 1 is 1.71 bits per heavy atom. The van der Waals surface area contributed by atoms with Gasteiger partial charge in [0.15, 0.2) is 0 Å². The van der Waals surface area contributed by atoms with Gasteiger partial charge < -0.3 is 0 Å². The van der Waals surface area contributed by atoms with E-state index >= 15 is 0 Å². The monoisotopic (exact) mass is 115 g/mol. The minimum absolute atomic E-state index is 0.682. The van der Waals surface area contributed by atoms with E-state index < -0.39 is 0 Å². The molecule has 1 aliphatic rings. The van der Waals surface area contributed by atoms with Crippen LogP contribution < -0.4 is 0 Å². The van der Waals surface area contributed by atoms with Crippen LogP contribution >= 0.6 is 11.8 Å². The Hall–Kier alpha value is -0.380. The molecule has 38 valence electrons. The Labute approximate surface area is 45.9 Å². The van der Waals surface area contributed by atoms with Crippen molar-refractivity contribution in [1.29, 1.82) is 0 Å². The van der Waals surface area contributed by atoms with Crippen LogP contribution in [0.2, 0.25) is 0 Å². The minimum Gasteiger partial charge on any atom is -0.162 e. The molecule has 1 heterocycles. The highest BCUT2D eigenvalue weighted by Crippen LogP contribution is 2.04. The molecule has 0 aliphatic carbocycles. The van der Waals surface area contributed by atoms with E-state index in [1.807, 2.05) is 6.26 Å². The molecule has 0 saturated heterocycles. The van der Waals surface area contributed by atoms with Crippen molar-refractivity contribution < 1.29 is 0 Å². The van der Waals surface area contributed by atoms with Crippen LogP contribution in [0, 0.1) is 0 Å². The second kappa shape index (κ2) is 2.07. The van der Waals surface area contributed by atoms with Crippen molar-refractivity contribution in [3.8, 4) is 0 Å². The second-order valence-corrected chi connectivity index (χ2v) is 1.97. The molecule has 0 amide bonds. The zero-order chi connectivity index (χ0) is 5.11. The van der Waals surface area contributed by atoms with Crippen molar-refractivity contribution in [2.45, 2.75) is 0 Å². The van der Waals surface area contributed by atoms with Gasteiger partial charge in [-0.1, -0.05) is 0 Å². The summed E-state index contributed by atoms with van der Waals surface area (Å²) in [7, 11) is 0. The predicted octanol–water partition coefficient (Wildman–Crippen LogP) is 1.13. The lowest BCUT2D eigenvalue weighted by Gasteiger charge is -1.81. The zero-order valence-electron chi connectivity index (χ0n) is 3.96. The average Bonchev–Trinajstić information content (AvgIpc) is 2.14. The standard InChI is InChI=1S/C3H5N3S/c1-7-3-2-4-6-5-3/h2H2,1H3. The maximum atomic E-state index is 3.69. The lowest BCUT2D eigenvalue weighted by molar-refractivity contribution is 1.06. The van der Waals surface area contributed by atoms with Crippen LogP contribution in [0.3, 0.4) is 0 Å². The average molecular weight is 115 g/mol. The molecule has 4 heteroatoms. The van der Waals surface area contributed by atoms with Crippen LogP contribution in [0.4, 0.5) is 0 Å². The van der Waals surface area contributed by atoms with Crippen molar-refractivity contribution in [2.24, 2.45) is 15.4 Å². The molecule has 0 N–H and O–H groups in total. The number of thioether (sulfide) groups is 1. The second-order valence-electron chi connectivity index (χ2n) is 1.09. The summed E-state index contributed by atoms with van der Waals surface area (Å²) in [6, 6.07) is 0. The molecule has 0 aromatic carbocycles. The fourth-order valence-electron chi connectivity index (χ4n) is 0.311. The third-order valence-corrected chi connectivity index (χ3v) is 1.34. The Bertz CT molecular complexity index is 117. The minimum atomic E-state index is 0.682. The molecule has 7 heavy (non-hydrogen) atoms. The van der Waals surface area contributed by atoms with E-state index in [0.29, 0.717) is 6.54 Å². The van der Waals surface area contributed by atoms with E-state index in [9.17, 15) is 0 Å². The summed E-state index contributed by atoms with van der Waals surface area (Å²) in [4.78, 5) is 0. The molecule has 0 saturated carbocycles. The van der Waals surface area contributed by atoms with Crippen LogP contribution in [0.5, 0.6) is 0 Å². The summed E-state index contributed by atoms with van der Waals surface area (Å²) in [5, 5.41) is 11.8. The number of nitrogens with zero attached hydrogens (tertiary/aromatic N) is 3. The van der Waals surface area contributed by atoms with Crippen molar-refractivity contribution in [1.82, 2.24) is 0 Å². The molecule has 0 atom stereocenters. The molecule has 3 nitrogen and oxygen atoms in total. The van der Waals surface area contributed by atoms with Gasteiger partial charge in [0.25, 0.3) is 0 Å². The van der Waals surface area contributed by atoms with E-state index in [1.54, 1.807) is 11.8 Å². The highest BCUT2D eigenvalue weighted by atomic mass is 32.2. The summed E-state index contributed by atoms with van der Waals surface area (Å²) in [5.74, 6) is 0. The van der Waals surface area contributed by atoms with Gasteiger partial charge in [0.1, 0.15) is 11.6 Å². The molecule has 0 aromatic rings. The maximum Gasteiger partial charge on any atom is 0.121 e. The van der Waals surface area contributed by atoms with E-state index in [1.165, 1.54) is 0 Å². The van der Waals surface area contributed by atoms with Crippen LogP contribution in [-0.4, -0.2) is 17.8 Å². The first-order chi connectivity index (χ1) is 3.43. The van der Waals surface area contributed by atoms with Gasteiger partial charge in [0.2, 0.25) is 0 Å². The van der Waals surface area contributed by atoms with Crippen LogP contribution in [0.15, 0.2) is 15.4 Å². The van der Waals surface area contributed by atoms with Crippen molar-refractivity contribution in [3.05, 3.63) is 0 Å². The summed E-state index contributed by atoms with van der Waals surface area (Å²) < 4.78 is 0. The Kier molecular flexibility index (Phi) is 1.41. The quantitative estimate of drug-likeness (QED) is 0.466. The van der Waals surface area contributed by atoms with E-state index in [0.717, 1.165) is 5.04 Å². The Morgan fingerprint density at radius 3 is 2.86 bits per heavy atom. The molecule has 1 aliphatic heterocycles. The van der Waals surface area contributed by atoms with Gasteiger partial charge in [-0.15, -0.1) is 16.9 Å². The first-order valence-electron chi connectivity index (χ1n) is 1.91. The molecular formula is C3H5N3S. The Morgan fingerprint density at radius 2 is 2.57 bits per heavy atom. The fourth-order valence-corrected chi connectivity index (χ4v) is 0.616. The van der Waals surface area contributed by atoms with Gasteiger partial charge >= 0.3 is 0 Å². The van der Waals surface area contributed by atoms with Crippen molar-refractivity contribution in [2.75, 3.05) is 12.8 Å². The van der Waals surface area contributed by atoms with Gasteiger partial charge in [-0.25, -0.2) is 0 Å². The molecule has 0 spiro atoms. The SMILES string of the molecule is CSC1=NN=NC1. The molecule has 0 bridgehead atoms. The molecular weight excluding hydrogens is 110 g/mol. The van der Waals surface area contributed by atoms with Crippen LogP contribution in [-0.2, 0) is 0 Å². The van der Waals surface area contributed by atoms with Crippen LogP contribution in [0.25, 0.3) is 0 Å². The summed E-state index contributed by atoms with van der Waals surface area (Å²) in [6.07, 6.45) is 1.97. The van der Waals surface area contributed by atoms with Crippen LogP contribution in [0.1, 0.15) is 0 Å². The highest BCUT2D eigenvalue weighted by Gasteiger charge is 1.98. The summed E-state index contributed by atoms with van der Waals surface area (Å²) in [6.45, 7) is 0.682. The van der Waals surface area contributed by atoms with E-state index in [2.05, 4.69) is 15.4 Å². The van der Waals surface area contributed by atoms with Gasteiger partial charge in [0.05, 0.1) is 0 Å². The molecule has 0 fully saturated rings. The topological polar surface area (TPSA) is 37.1 Å². The summed E-state index contributed by atoms with van der Waals surface area (Å²) >= 11 is 1.59. The first-order valence-corrected chi connectivity index (χ1v) is 3.13. The van der Waals surface area contributed by atoms with E-state index in [-0.39, 0.29) is 0 Å². The molecule has 0 aromatic heterocycles. The first kappa shape index (κ1) is 4.77. The van der Waals surface area contributed by atoms with Gasteiger partial charge in [-0.2, -0.15) is 5.11 Å². The lowest BCUT2D eigenvalue weighted by Crippen LogP contribution is -1.88. The smallest absolute Gasteiger partial charge is 0.121 e. The van der Waals surface area contributed by atoms with E-state index in [4.69, 9.17) is 0 Å². The normalized spacial score (nSPS) is 17.6. The Balaban J connectivity index is 2.45. The molecule has 1 rings (SSSR count). The molecule has 0 radical (unpaired) electrons. The fraction of sp³-hybridized carbons (Fsp3) is 0.667. The zero-order valence-corrected chi connectivity index (χ0v) is 4.77. The summed E-state index contributed by atoms with van der Waals surface area (Å²) in [5.41, 5.74) is 0. The highest BCUT2D eigenvalue weighted by molar-refractivity contribution is 8.13. The largest absolute Gasteiger partial charge is 0.162 e. The van der Waals surface area contributed by atoms with Gasteiger partial charge in [-0.05, 0) is 11.5 Å². The predicted molar refractivity (Wildman–Crippen MR) is 30.7 cm³/mol. The maximum absolute atomic E-state index is 3.69. The molecule has 0 unspecified atom stereocenters. The number of hydrogen-bond donors (Lipinski definition) is 0. The van der Waals surface area contributed by atoms with Gasteiger partial charge in [0, 0.05) is 0 Å². The third-order valence-electron chi connectivity index (χ3n) is 0.661. The van der Waals surface area contributed by atoms with Gasteiger partial charge in [-0.3, -0.25) is 0 Å². The van der Waals surface area contributed by atoms with Crippen molar-refractivity contribution >= 4 is 16.8 Å². The number of rotatable bonds is 0. The van der Waals surface area contributed by atoms with Crippen molar-refractivity contribution in [3.63, 3.8) is 0 Å². The lowest BCUT2D eigenvalue weighted by atomic mass is 10.8. The third kappa shape index (κ3) is 0.991. The number of hydrogen-bond acceptors (Lipinski definition) is 4.